The third kappa shape index (κ3) is 3.30. The van der Waals surface area contributed by atoms with Crippen molar-refractivity contribution in [1.29, 1.82) is 0 Å². The van der Waals surface area contributed by atoms with Gasteiger partial charge < -0.3 is 14.8 Å². The van der Waals surface area contributed by atoms with Gasteiger partial charge in [-0.3, -0.25) is 9.59 Å². The lowest BCUT2D eigenvalue weighted by atomic mass is 9.94. The summed E-state index contributed by atoms with van der Waals surface area (Å²) >= 11 is 1.36. The van der Waals surface area contributed by atoms with Crippen molar-refractivity contribution in [3.05, 3.63) is 29.0 Å². The Labute approximate surface area is 125 Å². The first-order valence-electron chi connectivity index (χ1n) is 6.34. The molecular formula is C14H16N2O4S. The molecule has 21 heavy (non-hydrogen) atoms. The van der Waals surface area contributed by atoms with Crippen LogP contribution in [0.5, 0.6) is 0 Å². The maximum Gasteiger partial charge on any atom is 0.310 e. The van der Waals surface area contributed by atoms with E-state index in [0.29, 0.717) is 16.5 Å². The van der Waals surface area contributed by atoms with Gasteiger partial charge in [-0.05, 0) is 32.9 Å². The number of rotatable bonds is 5. The van der Waals surface area contributed by atoms with Crippen LogP contribution in [-0.2, 0) is 4.79 Å². The fourth-order valence-electron chi connectivity index (χ4n) is 1.57. The van der Waals surface area contributed by atoms with E-state index in [1.165, 1.54) is 11.3 Å². The number of carboxylic acids is 1. The molecule has 6 nitrogen and oxygen atoms in total. The molecule has 0 saturated carbocycles. The summed E-state index contributed by atoms with van der Waals surface area (Å²) in [5.74, 6) is -0.738. The molecule has 0 spiro atoms. The van der Waals surface area contributed by atoms with Crippen LogP contribution in [0.25, 0.3) is 10.8 Å². The Hall–Kier alpha value is -2.15. The number of thiazole rings is 1. The normalized spacial score (nSPS) is 11.4. The lowest BCUT2D eigenvalue weighted by Crippen LogP contribution is -2.39. The van der Waals surface area contributed by atoms with Crippen LogP contribution in [0.1, 0.15) is 29.2 Å². The SMILES string of the molecule is Cc1sc(-c2ccco2)nc1C(=O)NCC(C)(C)C(=O)O. The lowest BCUT2D eigenvalue weighted by Gasteiger charge is -2.19. The molecule has 2 aromatic heterocycles. The second-order valence-electron chi connectivity index (χ2n) is 5.27. The summed E-state index contributed by atoms with van der Waals surface area (Å²) in [7, 11) is 0. The monoisotopic (exact) mass is 308 g/mol. The molecule has 1 amide bonds. The summed E-state index contributed by atoms with van der Waals surface area (Å²) in [6.45, 7) is 4.94. The molecule has 0 saturated heterocycles. The standard InChI is InChI=1S/C14H16N2O4S/c1-8-10(11(17)15-7-14(2,3)13(18)19)16-12(21-8)9-5-4-6-20-9/h4-6H,7H2,1-3H3,(H,15,17)(H,18,19). The van der Waals surface area contributed by atoms with Gasteiger partial charge in [0.15, 0.2) is 10.8 Å². The van der Waals surface area contributed by atoms with E-state index >= 15 is 0 Å². The molecule has 2 rings (SSSR count). The van der Waals surface area contributed by atoms with E-state index in [-0.39, 0.29) is 12.5 Å². The minimum atomic E-state index is -1.02. The number of aryl methyl sites for hydroxylation is 1. The predicted octanol–water partition coefficient (Wildman–Crippen LogP) is 2.55. The number of hydrogen-bond donors (Lipinski definition) is 2. The first kappa shape index (κ1) is 15.2. The third-order valence-corrected chi connectivity index (χ3v) is 4.00. The number of carbonyl (C=O) groups excluding carboxylic acids is 1. The molecule has 0 aliphatic rings. The molecule has 0 unspecified atom stereocenters. The molecule has 2 heterocycles. The van der Waals surface area contributed by atoms with Gasteiger partial charge in [0.2, 0.25) is 0 Å². The van der Waals surface area contributed by atoms with Gasteiger partial charge in [-0.15, -0.1) is 11.3 Å². The van der Waals surface area contributed by atoms with Crippen LogP contribution in [0.15, 0.2) is 22.8 Å². The van der Waals surface area contributed by atoms with Gasteiger partial charge >= 0.3 is 5.97 Å². The summed E-state index contributed by atoms with van der Waals surface area (Å²) in [6, 6.07) is 3.52. The summed E-state index contributed by atoms with van der Waals surface area (Å²) in [5.41, 5.74) is -0.726. The molecule has 2 aromatic rings. The second kappa shape index (κ2) is 5.69. The van der Waals surface area contributed by atoms with Crippen molar-refractivity contribution in [3.63, 3.8) is 0 Å². The van der Waals surface area contributed by atoms with Crippen molar-refractivity contribution >= 4 is 23.2 Å². The second-order valence-corrected chi connectivity index (χ2v) is 6.48. The minimum Gasteiger partial charge on any atom is -0.481 e. The Morgan fingerprint density at radius 3 is 2.76 bits per heavy atom. The van der Waals surface area contributed by atoms with E-state index in [0.717, 1.165) is 4.88 Å². The maximum absolute atomic E-state index is 12.1. The van der Waals surface area contributed by atoms with Crippen molar-refractivity contribution in [2.24, 2.45) is 5.41 Å². The van der Waals surface area contributed by atoms with Crippen molar-refractivity contribution in [1.82, 2.24) is 10.3 Å². The largest absolute Gasteiger partial charge is 0.481 e. The molecule has 0 bridgehead atoms. The van der Waals surface area contributed by atoms with Crippen LogP contribution in [0, 0.1) is 12.3 Å². The van der Waals surface area contributed by atoms with Gasteiger partial charge in [0.1, 0.15) is 5.69 Å². The van der Waals surface area contributed by atoms with Crippen LogP contribution in [0.3, 0.4) is 0 Å². The van der Waals surface area contributed by atoms with Crippen LogP contribution in [0.4, 0.5) is 0 Å². The first-order chi connectivity index (χ1) is 9.81. The molecule has 2 N–H and O–H groups in total. The minimum absolute atomic E-state index is 0.0359. The van der Waals surface area contributed by atoms with Gasteiger partial charge in [0.05, 0.1) is 11.7 Å². The summed E-state index contributed by atoms with van der Waals surface area (Å²) < 4.78 is 5.25. The molecule has 0 aromatic carbocycles. The lowest BCUT2D eigenvalue weighted by molar-refractivity contribution is -0.146. The van der Waals surface area contributed by atoms with E-state index in [1.54, 1.807) is 39.2 Å². The summed E-state index contributed by atoms with van der Waals surface area (Å²) in [4.78, 5) is 28.2. The molecule has 0 atom stereocenters. The third-order valence-electron chi connectivity index (χ3n) is 3.01. The summed E-state index contributed by atoms with van der Waals surface area (Å²) in [5, 5.41) is 12.3. The number of carbonyl (C=O) groups is 2. The van der Waals surface area contributed by atoms with E-state index in [9.17, 15) is 9.59 Å². The molecule has 0 aliphatic heterocycles. The number of carboxylic acid groups (broad SMARTS) is 1. The molecule has 0 radical (unpaired) electrons. The van der Waals surface area contributed by atoms with Gasteiger partial charge in [-0.1, -0.05) is 0 Å². The number of amides is 1. The van der Waals surface area contributed by atoms with Crippen molar-refractivity contribution in [2.45, 2.75) is 20.8 Å². The number of aliphatic carboxylic acids is 1. The van der Waals surface area contributed by atoms with Crippen LogP contribution in [-0.4, -0.2) is 28.5 Å². The smallest absolute Gasteiger partial charge is 0.310 e. The Balaban J connectivity index is 2.12. The average Bonchev–Trinajstić information content (AvgIpc) is 3.04. The maximum atomic E-state index is 12.1. The van der Waals surface area contributed by atoms with Gasteiger partial charge in [-0.2, -0.15) is 0 Å². The average molecular weight is 308 g/mol. The zero-order valence-corrected chi connectivity index (χ0v) is 12.8. The number of hydrogen-bond acceptors (Lipinski definition) is 5. The van der Waals surface area contributed by atoms with Crippen LogP contribution >= 0.6 is 11.3 Å². The Morgan fingerprint density at radius 2 is 2.19 bits per heavy atom. The van der Waals surface area contributed by atoms with Gasteiger partial charge in [0.25, 0.3) is 5.91 Å². The highest BCUT2D eigenvalue weighted by Crippen LogP contribution is 2.28. The van der Waals surface area contributed by atoms with E-state index in [2.05, 4.69) is 10.3 Å². The first-order valence-corrected chi connectivity index (χ1v) is 7.16. The topological polar surface area (TPSA) is 92.4 Å². The number of nitrogens with one attached hydrogen (secondary N) is 1. The van der Waals surface area contributed by atoms with Crippen molar-refractivity contribution in [2.75, 3.05) is 6.54 Å². The highest BCUT2D eigenvalue weighted by Gasteiger charge is 2.28. The van der Waals surface area contributed by atoms with E-state index in [1.807, 2.05) is 0 Å². The number of furan rings is 1. The van der Waals surface area contributed by atoms with Gasteiger partial charge in [-0.25, -0.2) is 4.98 Å². The number of nitrogens with zero attached hydrogens (tertiary/aromatic N) is 1. The fraction of sp³-hybridized carbons (Fsp3) is 0.357. The van der Waals surface area contributed by atoms with E-state index in [4.69, 9.17) is 9.52 Å². The van der Waals surface area contributed by atoms with Crippen LogP contribution in [0.2, 0.25) is 0 Å². The molecule has 112 valence electrons. The van der Waals surface area contributed by atoms with Gasteiger partial charge in [0, 0.05) is 11.4 Å². The Morgan fingerprint density at radius 1 is 1.48 bits per heavy atom. The van der Waals surface area contributed by atoms with Crippen molar-refractivity contribution < 1.29 is 19.1 Å². The zero-order valence-electron chi connectivity index (χ0n) is 12.0. The van der Waals surface area contributed by atoms with E-state index < -0.39 is 11.4 Å². The molecule has 7 heteroatoms. The Bertz CT molecular complexity index is 659. The predicted molar refractivity (Wildman–Crippen MR) is 78.3 cm³/mol. The molecule has 0 aliphatic carbocycles. The van der Waals surface area contributed by atoms with Crippen LogP contribution < -0.4 is 5.32 Å². The molecule has 0 fully saturated rings. The summed E-state index contributed by atoms with van der Waals surface area (Å²) in [6.07, 6.45) is 1.54. The van der Waals surface area contributed by atoms with Crippen molar-refractivity contribution in [3.8, 4) is 10.8 Å². The zero-order chi connectivity index (χ0) is 15.6. The fourth-order valence-corrected chi connectivity index (χ4v) is 2.45. The highest BCUT2D eigenvalue weighted by molar-refractivity contribution is 7.15. The molecular weight excluding hydrogens is 292 g/mol. The number of aromatic nitrogens is 1. The highest BCUT2D eigenvalue weighted by atomic mass is 32.1. The quantitative estimate of drug-likeness (QED) is 0.885. The Kier molecular flexibility index (Phi) is 4.13.